The first kappa shape index (κ1) is 15.3. The highest BCUT2D eigenvalue weighted by Crippen LogP contribution is 2.19. The van der Waals surface area contributed by atoms with Crippen molar-refractivity contribution in [1.82, 2.24) is 10.2 Å². The zero-order valence-electron chi connectivity index (χ0n) is 10.6. The van der Waals surface area contributed by atoms with Gasteiger partial charge in [-0.2, -0.15) is 13.2 Å². The van der Waals surface area contributed by atoms with Crippen molar-refractivity contribution in [2.24, 2.45) is 0 Å². The van der Waals surface area contributed by atoms with Crippen LogP contribution in [-0.2, 0) is 0 Å². The van der Waals surface area contributed by atoms with Gasteiger partial charge in [-0.3, -0.25) is 4.90 Å². The Balaban J connectivity index is 2.07. The molecule has 0 unspecified atom stereocenters. The molecule has 104 valence electrons. The number of alkyl halides is 3. The van der Waals surface area contributed by atoms with Crippen molar-refractivity contribution >= 4 is 0 Å². The summed E-state index contributed by atoms with van der Waals surface area (Å²) in [6.45, 7) is 1.19. The van der Waals surface area contributed by atoms with Crippen molar-refractivity contribution < 1.29 is 13.2 Å². The van der Waals surface area contributed by atoms with Gasteiger partial charge < -0.3 is 5.32 Å². The van der Waals surface area contributed by atoms with Crippen molar-refractivity contribution in [3.63, 3.8) is 0 Å². The summed E-state index contributed by atoms with van der Waals surface area (Å²) in [6, 6.07) is 0.361. The summed E-state index contributed by atoms with van der Waals surface area (Å²) in [5.41, 5.74) is 0. The molecule has 1 fully saturated rings. The van der Waals surface area contributed by atoms with Crippen LogP contribution in [0.1, 0.15) is 32.1 Å². The predicted octanol–water partition coefficient (Wildman–Crippen LogP) is 2.41. The van der Waals surface area contributed by atoms with Crippen molar-refractivity contribution in [3.8, 4) is 12.3 Å². The molecule has 0 aliphatic carbocycles. The number of unbranched alkanes of at least 4 members (excludes halogenated alkanes) is 2. The summed E-state index contributed by atoms with van der Waals surface area (Å²) in [6.07, 6.45) is 5.51. The van der Waals surface area contributed by atoms with Crippen LogP contribution >= 0.6 is 0 Å². The lowest BCUT2D eigenvalue weighted by Gasteiger charge is -2.32. The Labute approximate surface area is 107 Å². The first-order valence-electron chi connectivity index (χ1n) is 6.47. The summed E-state index contributed by atoms with van der Waals surface area (Å²) in [5, 5.41) is 3.39. The van der Waals surface area contributed by atoms with E-state index in [1.54, 1.807) is 0 Å². The zero-order valence-corrected chi connectivity index (χ0v) is 10.6. The van der Waals surface area contributed by atoms with E-state index in [-0.39, 0.29) is 0 Å². The second-order valence-corrected chi connectivity index (χ2v) is 4.78. The zero-order chi connectivity index (χ0) is 13.4. The minimum Gasteiger partial charge on any atom is -0.314 e. The maximum atomic E-state index is 12.2. The van der Waals surface area contributed by atoms with Gasteiger partial charge in [-0.1, -0.05) is 0 Å². The van der Waals surface area contributed by atoms with Crippen LogP contribution in [0.4, 0.5) is 13.2 Å². The molecular weight excluding hydrogens is 241 g/mol. The molecule has 0 amide bonds. The molecule has 0 saturated carbocycles. The van der Waals surface area contributed by atoms with E-state index in [1.807, 2.05) is 0 Å². The Morgan fingerprint density at radius 1 is 1.22 bits per heavy atom. The molecule has 1 heterocycles. The number of terminal acetylenes is 1. The standard InChI is InChI=1S/C13H21F3N2/c1-2-3-4-5-8-17-12-6-9-18(10-7-12)11-13(14,15)16/h1,12,17H,3-11H2. The molecule has 0 aromatic heterocycles. The van der Waals surface area contributed by atoms with E-state index in [0.717, 1.165) is 38.6 Å². The molecule has 5 heteroatoms. The number of halogens is 3. The normalized spacial score (nSPS) is 18.8. The Morgan fingerprint density at radius 3 is 2.44 bits per heavy atom. The molecule has 2 nitrogen and oxygen atoms in total. The molecule has 0 radical (unpaired) electrons. The number of rotatable bonds is 6. The summed E-state index contributed by atoms with van der Waals surface area (Å²) in [7, 11) is 0. The minimum atomic E-state index is -4.07. The van der Waals surface area contributed by atoms with E-state index in [0.29, 0.717) is 19.1 Å². The molecule has 1 aliphatic heterocycles. The molecular formula is C13H21F3N2. The third kappa shape index (κ3) is 6.87. The molecule has 18 heavy (non-hydrogen) atoms. The van der Waals surface area contributed by atoms with E-state index in [4.69, 9.17) is 6.42 Å². The van der Waals surface area contributed by atoms with E-state index in [9.17, 15) is 13.2 Å². The van der Waals surface area contributed by atoms with Crippen LogP contribution in [0.2, 0.25) is 0 Å². The second-order valence-electron chi connectivity index (χ2n) is 4.78. The average molecular weight is 262 g/mol. The third-order valence-corrected chi connectivity index (χ3v) is 3.17. The van der Waals surface area contributed by atoms with Crippen LogP contribution in [0.3, 0.4) is 0 Å². The Morgan fingerprint density at radius 2 is 1.89 bits per heavy atom. The predicted molar refractivity (Wildman–Crippen MR) is 66.2 cm³/mol. The van der Waals surface area contributed by atoms with Gasteiger partial charge in [0.15, 0.2) is 0 Å². The van der Waals surface area contributed by atoms with Gasteiger partial charge >= 0.3 is 6.18 Å². The van der Waals surface area contributed by atoms with E-state index >= 15 is 0 Å². The highest BCUT2D eigenvalue weighted by Gasteiger charge is 2.32. The van der Waals surface area contributed by atoms with Gasteiger partial charge in [-0.25, -0.2) is 0 Å². The van der Waals surface area contributed by atoms with Crippen LogP contribution < -0.4 is 5.32 Å². The van der Waals surface area contributed by atoms with Gasteiger partial charge in [0.25, 0.3) is 0 Å². The van der Waals surface area contributed by atoms with E-state index in [2.05, 4.69) is 11.2 Å². The van der Waals surface area contributed by atoms with Gasteiger partial charge in [0.2, 0.25) is 0 Å². The van der Waals surface area contributed by atoms with Crippen molar-refractivity contribution in [1.29, 1.82) is 0 Å². The average Bonchev–Trinajstić information content (AvgIpc) is 2.29. The molecule has 0 bridgehead atoms. The first-order valence-corrected chi connectivity index (χ1v) is 6.47. The molecule has 0 aromatic rings. The number of nitrogens with zero attached hydrogens (tertiary/aromatic N) is 1. The van der Waals surface area contributed by atoms with Crippen LogP contribution in [0.25, 0.3) is 0 Å². The number of nitrogens with one attached hydrogen (secondary N) is 1. The monoisotopic (exact) mass is 262 g/mol. The van der Waals surface area contributed by atoms with Gasteiger partial charge in [0, 0.05) is 12.5 Å². The van der Waals surface area contributed by atoms with Gasteiger partial charge in [-0.05, 0) is 45.3 Å². The number of hydrogen-bond donors (Lipinski definition) is 1. The topological polar surface area (TPSA) is 15.3 Å². The van der Waals surface area contributed by atoms with Crippen molar-refractivity contribution in [2.45, 2.75) is 44.3 Å². The van der Waals surface area contributed by atoms with Gasteiger partial charge in [0.05, 0.1) is 6.54 Å². The molecule has 0 aromatic carbocycles. The molecule has 0 spiro atoms. The maximum absolute atomic E-state index is 12.2. The van der Waals surface area contributed by atoms with Crippen LogP contribution in [0.5, 0.6) is 0 Å². The summed E-state index contributed by atoms with van der Waals surface area (Å²) in [5.74, 6) is 2.59. The van der Waals surface area contributed by atoms with E-state index < -0.39 is 12.7 Å². The molecule has 1 aliphatic rings. The molecule has 0 atom stereocenters. The van der Waals surface area contributed by atoms with E-state index in [1.165, 1.54) is 4.90 Å². The number of likely N-dealkylation sites (tertiary alicyclic amines) is 1. The van der Waals surface area contributed by atoms with Crippen LogP contribution in [-0.4, -0.2) is 43.3 Å². The largest absolute Gasteiger partial charge is 0.401 e. The fourth-order valence-electron chi connectivity index (χ4n) is 2.21. The Bertz CT molecular complexity index is 262. The van der Waals surface area contributed by atoms with Crippen LogP contribution in [0.15, 0.2) is 0 Å². The fraction of sp³-hybridized carbons (Fsp3) is 0.846. The Hall–Kier alpha value is -0.730. The minimum absolute atomic E-state index is 0.361. The lowest BCUT2D eigenvalue weighted by molar-refractivity contribution is -0.148. The molecule has 1 rings (SSSR count). The lowest BCUT2D eigenvalue weighted by atomic mass is 10.0. The lowest BCUT2D eigenvalue weighted by Crippen LogP contribution is -2.45. The number of piperidine rings is 1. The number of hydrogen-bond acceptors (Lipinski definition) is 2. The van der Waals surface area contributed by atoms with Gasteiger partial charge in [0.1, 0.15) is 0 Å². The Kier molecular flexibility index (Phi) is 6.51. The highest BCUT2D eigenvalue weighted by molar-refractivity contribution is 4.83. The first-order chi connectivity index (χ1) is 8.51. The second kappa shape index (κ2) is 7.65. The fourth-order valence-corrected chi connectivity index (χ4v) is 2.21. The molecule has 1 saturated heterocycles. The third-order valence-electron chi connectivity index (χ3n) is 3.17. The smallest absolute Gasteiger partial charge is 0.314 e. The quantitative estimate of drug-likeness (QED) is 0.584. The summed E-state index contributed by atoms with van der Waals surface area (Å²) in [4.78, 5) is 1.48. The summed E-state index contributed by atoms with van der Waals surface area (Å²) < 4.78 is 36.6. The SMILES string of the molecule is C#CCCCCNC1CCN(CC(F)(F)F)CC1. The maximum Gasteiger partial charge on any atom is 0.401 e. The van der Waals surface area contributed by atoms with Crippen molar-refractivity contribution in [2.75, 3.05) is 26.2 Å². The van der Waals surface area contributed by atoms with Crippen molar-refractivity contribution in [3.05, 3.63) is 0 Å². The molecule has 1 N–H and O–H groups in total. The van der Waals surface area contributed by atoms with Gasteiger partial charge in [-0.15, -0.1) is 12.3 Å². The highest BCUT2D eigenvalue weighted by atomic mass is 19.4. The summed E-state index contributed by atoms with van der Waals surface area (Å²) >= 11 is 0. The van der Waals surface area contributed by atoms with Crippen LogP contribution in [0, 0.1) is 12.3 Å².